The van der Waals surface area contributed by atoms with Crippen LogP contribution in [0.25, 0.3) is 0 Å². The number of carboxylic acids is 2. The highest BCUT2D eigenvalue weighted by atomic mass is 16.5. The zero-order valence-corrected chi connectivity index (χ0v) is 21.1. The fourth-order valence-electron chi connectivity index (χ4n) is 4.68. The summed E-state index contributed by atoms with van der Waals surface area (Å²) in [4.78, 5) is 24.5. The minimum Gasteiger partial charge on any atom is -0.493 e. The second kappa shape index (κ2) is 15.3. The number of aryl methyl sites for hydroxylation is 1. The van der Waals surface area contributed by atoms with Crippen LogP contribution in [0.2, 0.25) is 0 Å². The molecule has 2 N–H and O–H groups in total. The number of aliphatic carboxylic acids is 1. The number of rotatable bonds is 16. The Balaban J connectivity index is 1.53. The number of benzene rings is 2. The van der Waals surface area contributed by atoms with Crippen LogP contribution in [0, 0.1) is 5.92 Å². The van der Waals surface area contributed by atoms with Gasteiger partial charge in [0.2, 0.25) is 0 Å². The molecule has 1 heterocycles. The lowest BCUT2D eigenvalue weighted by molar-refractivity contribution is -0.137. The van der Waals surface area contributed by atoms with E-state index in [2.05, 4.69) is 11.0 Å². The summed E-state index contributed by atoms with van der Waals surface area (Å²) in [6.07, 6.45) is 6.34. The molecule has 1 saturated heterocycles. The van der Waals surface area contributed by atoms with Crippen molar-refractivity contribution in [2.45, 2.75) is 51.4 Å². The minimum absolute atomic E-state index is 0.196. The van der Waals surface area contributed by atoms with Crippen LogP contribution in [-0.4, -0.2) is 66.5 Å². The predicted octanol–water partition coefficient (Wildman–Crippen LogP) is 4.92. The molecule has 0 radical (unpaired) electrons. The Kier molecular flexibility index (Phi) is 11.7. The minimum atomic E-state index is -0.923. The van der Waals surface area contributed by atoms with Crippen molar-refractivity contribution in [1.29, 1.82) is 0 Å². The van der Waals surface area contributed by atoms with E-state index >= 15 is 0 Å². The average molecular weight is 498 g/mol. The summed E-state index contributed by atoms with van der Waals surface area (Å²) < 4.78 is 11.6. The molecule has 0 amide bonds. The number of aromatic carboxylic acids is 1. The Hall–Kier alpha value is -2.90. The van der Waals surface area contributed by atoms with E-state index in [-0.39, 0.29) is 12.0 Å². The van der Waals surface area contributed by atoms with Crippen molar-refractivity contribution in [3.05, 3.63) is 65.2 Å². The molecule has 0 spiro atoms. The Morgan fingerprint density at radius 1 is 0.944 bits per heavy atom. The van der Waals surface area contributed by atoms with Gasteiger partial charge in [0.1, 0.15) is 5.75 Å². The first-order valence-corrected chi connectivity index (χ1v) is 13.1. The summed E-state index contributed by atoms with van der Waals surface area (Å²) in [6.45, 7) is 5.30. The Labute approximate surface area is 214 Å². The molecule has 2 aromatic rings. The Morgan fingerprint density at radius 3 is 2.42 bits per heavy atom. The number of carboxylic acid groups (broad SMARTS) is 2. The van der Waals surface area contributed by atoms with Gasteiger partial charge in [0.15, 0.2) is 0 Å². The van der Waals surface area contributed by atoms with Gasteiger partial charge in [-0.05, 0) is 67.3 Å². The van der Waals surface area contributed by atoms with Crippen LogP contribution in [0.4, 0.5) is 0 Å². The summed E-state index contributed by atoms with van der Waals surface area (Å²) in [7, 11) is 0. The number of nitrogens with zero attached hydrogens (tertiary/aromatic N) is 1. The van der Waals surface area contributed by atoms with E-state index < -0.39 is 11.9 Å². The molecule has 0 aliphatic carbocycles. The first kappa shape index (κ1) is 27.7. The zero-order chi connectivity index (χ0) is 25.6. The van der Waals surface area contributed by atoms with Gasteiger partial charge < -0.3 is 19.7 Å². The highest BCUT2D eigenvalue weighted by molar-refractivity contribution is 5.87. The van der Waals surface area contributed by atoms with Crippen molar-refractivity contribution in [2.24, 2.45) is 5.92 Å². The number of hydrogen-bond acceptors (Lipinski definition) is 5. The molecular formula is C29H39NO6. The Morgan fingerprint density at radius 2 is 1.69 bits per heavy atom. The molecular weight excluding hydrogens is 458 g/mol. The molecule has 1 aliphatic heterocycles. The van der Waals surface area contributed by atoms with E-state index in [9.17, 15) is 9.59 Å². The molecule has 0 bridgehead atoms. The molecule has 0 aromatic heterocycles. The monoisotopic (exact) mass is 497 g/mol. The number of carbonyl (C=O) groups is 2. The van der Waals surface area contributed by atoms with E-state index in [0.717, 1.165) is 82.7 Å². The van der Waals surface area contributed by atoms with Crippen molar-refractivity contribution in [1.82, 2.24) is 4.90 Å². The summed E-state index contributed by atoms with van der Waals surface area (Å²) >= 11 is 0. The lowest BCUT2D eigenvalue weighted by Gasteiger charge is -2.26. The average Bonchev–Trinajstić information content (AvgIpc) is 2.89. The van der Waals surface area contributed by atoms with Gasteiger partial charge >= 0.3 is 11.9 Å². The first-order chi connectivity index (χ1) is 17.5. The molecule has 1 atom stereocenters. The second-order valence-electron chi connectivity index (χ2n) is 9.51. The molecule has 2 aromatic carbocycles. The molecule has 7 heteroatoms. The van der Waals surface area contributed by atoms with E-state index in [0.29, 0.717) is 18.9 Å². The maximum atomic E-state index is 11.2. The number of hydrogen-bond donors (Lipinski definition) is 2. The Bertz CT molecular complexity index is 939. The smallest absolute Gasteiger partial charge is 0.335 e. The standard InChI is InChI=1S/C29H39NO6/c31-28(32)9-4-1-6-23(22-24-11-14-26(15-12-24)29(33)34)10-13-25-7-2-3-8-27(25)36-19-5-16-30-17-20-35-21-18-30/h2-3,7-8,11-12,14-15,23H,1,4-6,9-10,13,16-22H2,(H,31,32)(H,33,34). The van der Waals surface area contributed by atoms with Gasteiger partial charge in [0.25, 0.3) is 0 Å². The summed E-state index contributed by atoms with van der Waals surface area (Å²) in [5.41, 5.74) is 2.59. The molecule has 0 saturated carbocycles. The quantitative estimate of drug-likeness (QED) is 0.318. The van der Waals surface area contributed by atoms with Crippen molar-refractivity contribution in [3.63, 3.8) is 0 Å². The van der Waals surface area contributed by atoms with Gasteiger partial charge in [-0.15, -0.1) is 0 Å². The lowest BCUT2D eigenvalue weighted by Crippen LogP contribution is -2.37. The normalized spacial score (nSPS) is 14.9. The number of ether oxygens (including phenoxy) is 2. The number of morpholine rings is 1. The molecule has 1 aliphatic rings. The summed E-state index contributed by atoms with van der Waals surface area (Å²) in [5.74, 6) is -0.359. The van der Waals surface area contributed by atoms with Crippen LogP contribution in [0.15, 0.2) is 48.5 Å². The van der Waals surface area contributed by atoms with Gasteiger partial charge in [-0.25, -0.2) is 4.79 Å². The van der Waals surface area contributed by atoms with Crippen molar-refractivity contribution in [2.75, 3.05) is 39.5 Å². The van der Waals surface area contributed by atoms with E-state index in [1.165, 1.54) is 5.56 Å². The van der Waals surface area contributed by atoms with Crippen LogP contribution in [0.3, 0.4) is 0 Å². The number of para-hydroxylation sites is 1. The van der Waals surface area contributed by atoms with Crippen LogP contribution < -0.4 is 4.74 Å². The molecule has 1 unspecified atom stereocenters. The maximum absolute atomic E-state index is 11.2. The third kappa shape index (κ3) is 9.99. The van der Waals surface area contributed by atoms with E-state index in [4.69, 9.17) is 19.7 Å². The van der Waals surface area contributed by atoms with Crippen LogP contribution in [0.5, 0.6) is 5.75 Å². The van der Waals surface area contributed by atoms with E-state index in [1.807, 2.05) is 30.3 Å². The molecule has 1 fully saturated rings. The third-order valence-corrected chi connectivity index (χ3v) is 6.75. The fourth-order valence-corrected chi connectivity index (χ4v) is 4.68. The number of unbranched alkanes of at least 4 members (excludes halogenated alkanes) is 1. The third-order valence-electron chi connectivity index (χ3n) is 6.75. The van der Waals surface area contributed by atoms with E-state index in [1.54, 1.807) is 12.1 Å². The zero-order valence-electron chi connectivity index (χ0n) is 21.1. The lowest BCUT2D eigenvalue weighted by atomic mass is 9.88. The van der Waals surface area contributed by atoms with Gasteiger partial charge in [-0.3, -0.25) is 9.69 Å². The largest absolute Gasteiger partial charge is 0.493 e. The van der Waals surface area contributed by atoms with Crippen LogP contribution in [0.1, 0.15) is 60.0 Å². The topological polar surface area (TPSA) is 96.3 Å². The summed E-state index contributed by atoms with van der Waals surface area (Å²) in [5, 5.41) is 18.1. The maximum Gasteiger partial charge on any atom is 0.335 e. The van der Waals surface area contributed by atoms with Crippen LogP contribution >= 0.6 is 0 Å². The van der Waals surface area contributed by atoms with Crippen molar-refractivity contribution in [3.8, 4) is 5.75 Å². The van der Waals surface area contributed by atoms with Gasteiger partial charge in [-0.1, -0.05) is 43.2 Å². The summed E-state index contributed by atoms with van der Waals surface area (Å²) in [6, 6.07) is 15.3. The van der Waals surface area contributed by atoms with Gasteiger partial charge in [-0.2, -0.15) is 0 Å². The SMILES string of the molecule is O=C(O)CCCCC(CCc1ccccc1OCCCN1CCOCC1)Cc1ccc(C(=O)O)cc1. The second-order valence-corrected chi connectivity index (χ2v) is 9.51. The molecule has 7 nitrogen and oxygen atoms in total. The molecule has 196 valence electrons. The van der Waals surface area contributed by atoms with Gasteiger partial charge in [0, 0.05) is 26.1 Å². The molecule has 36 heavy (non-hydrogen) atoms. The highest BCUT2D eigenvalue weighted by Gasteiger charge is 2.14. The predicted molar refractivity (Wildman–Crippen MR) is 139 cm³/mol. The first-order valence-electron chi connectivity index (χ1n) is 13.1. The van der Waals surface area contributed by atoms with Gasteiger partial charge in [0.05, 0.1) is 25.4 Å². The fraction of sp³-hybridized carbons (Fsp3) is 0.517. The van der Waals surface area contributed by atoms with Crippen LogP contribution in [-0.2, 0) is 22.4 Å². The van der Waals surface area contributed by atoms with Crippen molar-refractivity contribution >= 4 is 11.9 Å². The highest BCUT2D eigenvalue weighted by Crippen LogP contribution is 2.26. The molecule has 3 rings (SSSR count). The van der Waals surface area contributed by atoms with Crippen molar-refractivity contribution < 1.29 is 29.3 Å².